The predicted molar refractivity (Wildman–Crippen MR) is 47.5 cm³/mol. The molecule has 0 bridgehead atoms. The SMILES string of the molecule is OC(C=C(F)F)CC1CCCCC1. The van der Waals surface area contributed by atoms with E-state index in [2.05, 4.69) is 0 Å². The smallest absolute Gasteiger partial charge is 0.268 e. The monoisotopic (exact) mass is 190 g/mol. The van der Waals surface area contributed by atoms with Gasteiger partial charge in [-0.2, -0.15) is 8.78 Å². The van der Waals surface area contributed by atoms with Gasteiger partial charge in [-0.1, -0.05) is 32.1 Å². The van der Waals surface area contributed by atoms with E-state index in [0.717, 1.165) is 12.8 Å². The lowest BCUT2D eigenvalue weighted by atomic mass is 9.85. The molecule has 0 heterocycles. The Morgan fingerprint density at radius 2 is 1.92 bits per heavy atom. The van der Waals surface area contributed by atoms with Crippen LogP contribution in [0.3, 0.4) is 0 Å². The fourth-order valence-corrected chi connectivity index (χ4v) is 1.98. The average molecular weight is 190 g/mol. The third kappa shape index (κ3) is 4.36. The van der Waals surface area contributed by atoms with E-state index in [1.54, 1.807) is 0 Å². The van der Waals surface area contributed by atoms with Gasteiger partial charge in [0.05, 0.1) is 6.10 Å². The summed E-state index contributed by atoms with van der Waals surface area (Å²) in [4.78, 5) is 0. The molecule has 0 aliphatic heterocycles. The van der Waals surface area contributed by atoms with Crippen molar-refractivity contribution in [3.05, 3.63) is 12.2 Å². The second kappa shape index (κ2) is 5.32. The van der Waals surface area contributed by atoms with Gasteiger partial charge >= 0.3 is 0 Å². The summed E-state index contributed by atoms with van der Waals surface area (Å²) >= 11 is 0. The maximum Gasteiger partial charge on any atom is 0.268 e. The van der Waals surface area contributed by atoms with E-state index < -0.39 is 12.2 Å². The van der Waals surface area contributed by atoms with Crippen LogP contribution in [0.4, 0.5) is 8.78 Å². The maximum absolute atomic E-state index is 11.7. The number of rotatable bonds is 3. The summed E-state index contributed by atoms with van der Waals surface area (Å²) in [6.07, 6.45) is 4.19. The van der Waals surface area contributed by atoms with E-state index >= 15 is 0 Å². The first-order valence-electron chi connectivity index (χ1n) is 4.89. The Balaban J connectivity index is 2.26. The molecule has 1 atom stereocenters. The summed E-state index contributed by atoms with van der Waals surface area (Å²) in [5, 5.41) is 9.22. The molecule has 1 aliphatic carbocycles. The minimum absolute atomic E-state index is 0.444. The largest absolute Gasteiger partial charge is 0.389 e. The van der Waals surface area contributed by atoms with Crippen molar-refractivity contribution in [3.8, 4) is 0 Å². The molecule has 1 unspecified atom stereocenters. The molecule has 1 N–H and O–H groups in total. The van der Waals surface area contributed by atoms with Crippen molar-refractivity contribution < 1.29 is 13.9 Å². The zero-order chi connectivity index (χ0) is 9.68. The second-order valence-electron chi connectivity index (χ2n) is 3.76. The molecule has 3 heteroatoms. The standard InChI is InChI=1S/C10H16F2O/c11-10(12)7-9(13)6-8-4-2-1-3-5-8/h7-9,13H,1-6H2. The normalized spacial score (nSPS) is 21.2. The third-order valence-electron chi connectivity index (χ3n) is 2.62. The summed E-state index contributed by atoms with van der Waals surface area (Å²) < 4.78 is 23.5. The van der Waals surface area contributed by atoms with Crippen LogP contribution in [0.1, 0.15) is 38.5 Å². The first-order chi connectivity index (χ1) is 6.18. The molecular weight excluding hydrogens is 174 g/mol. The van der Waals surface area contributed by atoms with Gasteiger partial charge in [0.2, 0.25) is 0 Å². The molecule has 1 nitrogen and oxygen atoms in total. The van der Waals surface area contributed by atoms with Crippen LogP contribution >= 0.6 is 0 Å². The van der Waals surface area contributed by atoms with Crippen molar-refractivity contribution >= 4 is 0 Å². The Morgan fingerprint density at radius 3 is 2.46 bits per heavy atom. The van der Waals surface area contributed by atoms with Crippen LogP contribution in [-0.2, 0) is 0 Å². The van der Waals surface area contributed by atoms with Crippen molar-refractivity contribution in [3.63, 3.8) is 0 Å². The highest BCUT2D eigenvalue weighted by molar-refractivity contribution is 4.89. The molecule has 0 saturated heterocycles. The van der Waals surface area contributed by atoms with E-state index in [-0.39, 0.29) is 0 Å². The molecule has 76 valence electrons. The lowest BCUT2D eigenvalue weighted by Gasteiger charge is -2.22. The van der Waals surface area contributed by atoms with Crippen LogP contribution in [0, 0.1) is 5.92 Å². The highest BCUT2D eigenvalue weighted by Gasteiger charge is 2.16. The molecular formula is C10H16F2O. The molecule has 1 saturated carbocycles. The van der Waals surface area contributed by atoms with Gasteiger partial charge in [0, 0.05) is 6.08 Å². The number of halogens is 2. The molecule has 0 radical (unpaired) electrons. The van der Waals surface area contributed by atoms with Gasteiger partial charge in [-0.25, -0.2) is 0 Å². The van der Waals surface area contributed by atoms with Gasteiger partial charge in [0.1, 0.15) is 0 Å². The lowest BCUT2D eigenvalue weighted by molar-refractivity contribution is 0.165. The van der Waals surface area contributed by atoms with E-state index in [1.807, 2.05) is 0 Å². The van der Waals surface area contributed by atoms with Crippen molar-refractivity contribution in [1.82, 2.24) is 0 Å². The molecule has 0 aromatic carbocycles. The van der Waals surface area contributed by atoms with Crippen LogP contribution in [0.15, 0.2) is 12.2 Å². The highest BCUT2D eigenvalue weighted by Crippen LogP contribution is 2.27. The third-order valence-corrected chi connectivity index (χ3v) is 2.62. The molecule has 0 amide bonds. The molecule has 0 spiro atoms. The van der Waals surface area contributed by atoms with Crippen molar-refractivity contribution in [1.29, 1.82) is 0 Å². The van der Waals surface area contributed by atoms with Crippen LogP contribution in [0.5, 0.6) is 0 Å². The van der Waals surface area contributed by atoms with Crippen LogP contribution in [0.2, 0.25) is 0 Å². The van der Waals surface area contributed by atoms with Crippen LogP contribution in [0.25, 0.3) is 0 Å². The molecule has 0 aromatic heterocycles. The zero-order valence-corrected chi connectivity index (χ0v) is 7.68. The van der Waals surface area contributed by atoms with E-state index in [4.69, 9.17) is 0 Å². The van der Waals surface area contributed by atoms with Crippen LogP contribution in [-0.4, -0.2) is 11.2 Å². The summed E-state index contributed by atoms with van der Waals surface area (Å²) in [6.45, 7) is 0. The van der Waals surface area contributed by atoms with E-state index in [9.17, 15) is 13.9 Å². The Kier molecular flexibility index (Phi) is 4.36. The number of aliphatic hydroxyl groups is 1. The Bertz CT molecular complexity index is 170. The first kappa shape index (κ1) is 10.6. The lowest BCUT2D eigenvalue weighted by Crippen LogP contribution is -2.14. The fraction of sp³-hybridized carbons (Fsp3) is 0.800. The highest BCUT2D eigenvalue weighted by atomic mass is 19.3. The molecule has 1 rings (SSSR count). The van der Waals surface area contributed by atoms with Gasteiger partial charge in [0.15, 0.2) is 0 Å². The predicted octanol–water partition coefficient (Wildman–Crippen LogP) is 3.10. The Morgan fingerprint density at radius 1 is 1.31 bits per heavy atom. The summed E-state index contributed by atoms with van der Waals surface area (Å²) in [5.41, 5.74) is 0. The average Bonchev–Trinajstić information content (AvgIpc) is 2.04. The molecule has 1 aliphatic rings. The topological polar surface area (TPSA) is 20.2 Å². The van der Waals surface area contributed by atoms with Gasteiger partial charge in [-0.15, -0.1) is 0 Å². The second-order valence-corrected chi connectivity index (χ2v) is 3.76. The number of hydrogen-bond acceptors (Lipinski definition) is 1. The van der Waals surface area contributed by atoms with Gasteiger partial charge < -0.3 is 5.11 Å². The minimum Gasteiger partial charge on any atom is -0.389 e. The van der Waals surface area contributed by atoms with E-state index in [0.29, 0.717) is 18.4 Å². The number of hydrogen-bond donors (Lipinski definition) is 1. The molecule has 0 aromatic rings. The van der Waals surface area contributed by atoms with Crippen LogP contribution < -0.4 is 0 Å². The van der Waals surface area contributed by atoms with Crippen molar-refractivity contribution in [2.75, 3.05) is 0 Å². The molecule has 13 heavy (non-hydrogen) atoms. The summed E-state index contributed by atoms with van der Waals surface area (Å²) in [7, 11) is 0. The van der Waals surface area contributed by atoms with Gasteiger partial charge in [-0.3, -0.25) is 0 Å². The van der Waals surface area contributed by atoms with Gasteiger partial charge in [-0.05, 0) is 12.3 Å². The van der Waals surface area contributed by atoms with Gasteiger partial charge in [0.25, 0.3) is 6.08 Å². The summed E-state index contributed by atoms with van der Waals surface area (Å²) in [5.74, 6) is 0.444. The summed E-state index contributed by atoms with van der Waals surface area (Å²) in [6, 6.07) is 0. The van der Waals surface area contributed by atoms with Crippen molar-refractivity contribution in [2.45, 2.75) is 44.6 Å². The van der Waals surface area contributed by atoms with Crippen molar-refractivity contribution in [2.24, 2.45) is 5.92 Å². The first-order valence-corrected chi connectivity index (χ1v) is 4.89. The zero-order valence-electron chi connectivity index (χ0n) is 7.68. The Labute approximate surface area is 77.5 Å². The quantitative estimate of drug-likeness (QED) is 0.725. The maximum atomic E-state index is 11.7. The minimum atomic E-state index is -1.77. The molecule has 1 fully saturated rings. The number of aliphatic hydroxyl groups excluding tert-OH is 1. The Hall–Kier alpha value is -0.440. The van der Waals surface area contributed by atoms with E-state index in [1.165, 1.54) is 19.3 Å². The fourth-order valence-electron chi connectivity index (χ4n) is 1.98.